The van der Waals surface area contributed by atoms with E-state index in [1.54, 1.807) is 28.2 Å². The molecule has 0 aliphatic heterocycles. The molecule has 0 aliphatic carbocycles. The topological polar surface area (TPSA) is 524 Å². The van der Waals surface area contributed by atoms with Crippen molar-refractivity contribution in [2.45, 2.75) is 9.79 Å². The molecule has 60 heavy (non-hydrogen) atoms. The van der Waals surface area contributed by atoms with Crippen LogP contribution in [0.2, 0.25) is 0 Å². The molecule has 0 bridgehead atoms. The molecule has 0 atom stereocenters. The maximum atomic E-state index is 10.8. The minimum Gasteiger partial charge on any atom is -0.744 e. The van der Waals surface area contributed by atoms with E-state index in [4.69, 9.17) is 85.5 Å². The van der Waals surface area contributed by atoms with Gasteiger partial charge in [0.15, 0.2) is 0 Å². The molecule has 0 fully saturated rings. The molecule has 16 N–H and O–H groups in total. The number of carbonyl (C=O) groups excluding carboxylic acids is 6. The van der Waals surface area contributed by atoms with Crippen molar-refractivity contribution in [2.75, 3.05) is 80.5 Å². The smallest absolute Gasteiger partial charge is 0.744 e. The van der Waals surface area contributed by atoms with Crippen LogP contribution in [0.3, 0.4) is 0 Å². The Bertz CT molecular complexity index is 1420. The Kier molecular flexibility index (Phi) is 64.9. The first-order valence-electron chi connectivity index (χ1n) is 15.5. The normalized spacial score (nSPS) is 8.70. The monoisotopic (exact) mass is 992 g/mol. The molecule has 0 saturated heterocycles. The Morgan fingerprint density at radius 1 is 0.450 bits per heavy atom. The number of aliphatic carboxylic acids is 4. The van der Waals surface area contributed by atoms with Gasteiger partial charge in [-0.2, -0.15) is 0 Å². The molecule has 0 saturated carbocycles. The largest absolute Gasteiger partial charge is 3.00 e. The van der Waals surface area contributed by atoms with Gasteiger partial charge in [-0.25, -0.2) is 16.8 Å². The summed E-state index contributed by atoms with van der Waals surface area (Å²) in [5, 5.41) is 35.7. The van der Waals surface area contributed by atoms with Crippen LogP contribution >= 0.6 is 0 Å². The van der Waals surface area contributed by atoms with Gasteiger partial charge in [-0.1, -0.05) is 24.3 Å². The Hall–Kier alpha value is -4.23. The van der Waals surface area contributed by atoms with Gasteiger partial charge in [-0.15, -0.1) is 0 Å². The van der Waals surface area contributed by atoms with Crippen LogP contribution in [0, 0.1) is 0 Å². The molecule has 2 aromatic carbocycles. The quantitative estimate of drug-likeness (QED) is 0.0657. The van der Waals surface area contributed by atoms with E-state index < -0.39 is 44.1 Å². The van der Waals surface area contributed by atoms with Crippen LogP contribution in [0.5, 0.6) is 0 Å². The molecule has 30 heteroatoms. The van der Waals surface area contributed by atoms with Crippen molar-refractivity contribution in [2.24, 2.45) is 45.9 Å². The van der Waals surface area contributed by atoms with Crippen molar-refractivity contribution in [3.8, 4) is 11.1 Å². The summed E-state index contributed by atoms with van der Waals surface area (Å²) < 4.78 is 64.7. The zero-order chi connectivity index (χ0) is 47.5. The van der Waals surface area contributed by atoms with Gasteiger partial charge in [0.05, 0.1) is 33.7 Å². The molecule has 2 amide bonds. The second-order valence-corrected chi connectivity index (χ2v) is 12.3. The summed E-state index contributed by atoms with van der Waals surface area (Å²) in [4.78, 5) is 56.8. The molecule has 0 radical (unpaired) electrons. The van der Waals surface area contributed by atoms with E-state index in [1.165, 1.54) is 34.1 Å². The fourth-order valence-corrected chi connectivity index (χ4v) is 2.57. The van der Waals surface area contributed by atoms with Gasteiger partial charge in [0.25, 0.3) is 0 Å². The number of nitrogens with zero attached hydrogens (tertiary/aromatic N) is 2. The molecule has 0 unspecified atom stereocenters. The van der Waals surface area contributed by atoms with Gasteiger partial charge in [0.2, 0.25) is 12.8 Å². The van der Waals surface area contributed by atoms with Gasteiger partial charge in [0, 0.05) is 80.5 Å². The van der Waals surface area contributed by atoms with E-state index in [9.17, 15) is 35.5 Å². The predicted octanol–water partition coefficient (Wildman–Crippen LogP) is -10.8. The van der Waals surface area contributed by atoms with E-state index in [0.29, 0.717) is 63.5 Å². The molecule has 2 aromatic rings. The SMILES string of the molecule is CN(C)C=O.CN(C)C=O.NCCN.NCCN.NCCN.NCCN.O=C([O-])C(=O)[O-].O=C([O-])C(=O)[O-].O=S(=O)([O-])c1ccc(-c2ccc(S(=O)(=O)[O-])cc2)cc1.[Co+3].[Co+3]. The Labute approximate surface area is 369 Å². The Morgan fingerprint density at radius 3 is 0.650 bits per heavy atom. The molecule has 0 heterocycles. The van der Waals surface area contributed by atoms with Crippen molar-refractivity contribution >= 4 is 56.9 Å². The molecule has 350 valence electrons. The summed E-state index contributed by atoms with van der Waals surface area (Å²) >= 11 is 0. The first kappa shape index (κ1) is 76.5. The number of carbonyl (C=O) groups is 6. The predicted molar refractivity (Wildman–Crippen MR) is 200 cm³/mol. The average molecular weight is 993 g/mol. The van der Waals surface area contributed by atoms with Crippen LogP contribution in [0.4, 0.5) is 0 Å². The van der Waals surface area contributed by atoms with Crippen molar-refractivity contribution in [1.82, 2.24) is 9.80 Å². The van der Waals surface area contributed by atoms with E-state index in [-0.39, 0.29) is 43.3 Å². The van der Waals surface area contributed by atoms with E-state index in [0.717, 1.165) is 37.1 Å². The van der Waals surface area contributed by atoms with Gasteiger partial charge in [0.1, 0.15) is 20.2 Å². The molecule has 26 nitrogen and oxygen atoms in total. The van der Waals surface area contributed by atoms with Crippen molar-refractivity contribution in [1.29, 1.82) is 0 Å². The molecule has 0 spiro atoms. The summed E-state index contributed by atoms with van der Waals surface area (Å²) in [6.45, 7) is 4.78. The summed E-state index contributed by atoms with van der Waals surface area (Å²) in [6, 6.07) is 10.3. The number of carboxylic acid groups (broad SMARTS) is 4. The number of carboxylic acids is 4. The molecular weight excluding hydrogens is 938 g/mol. The minimum absolute atomic E-state index is 0. The van der Waals surface area contributed by atoms with Crippen LogP contribution in [0.15, 0.2) is 58.3 Å². The second-order valence-electron chi connectivity index (χ2n) is 9.55. The minimum atomic E-state index is -4.50. The summed E-state index contributed by atoms with van der Waals surface area (Å²) in [7, 11) is -2.25. The summed E-state index contributed by atoms with van der Waals surface area (Å²) in [5.41, 5.74) is 40.4. The zero-order valence-electron chi connectivity index (χ0n) is 33.0. The van der Waals surface area contributed by atoms with Crippen molar-refractivity contribution in [3.05, 3.63) is 48.5 Å². The van der Waals surface area contributed by atoms with E-state index >= 15 is 0 Å². The third-order valence-corrected chi connectivity index (χ3v) is 5.74. The third kappa shape index (κ3) is 65.6. The Morgan fingerprint density at radius 2 is 0.583 bits per heavy atom. The maximum Gasteiger partial charge on any atom is 3.00 e. The number of nitrogens with two attached hydrogens (primary N) is 8. The fraction of sp³-hybridized carbons (Fsp3) is 0.400. The second kappa shape index (κ2) is 50.9. The first-order chi connectivity index (χ1) is 26.7. The maximum absolute atomic E-state index is 10.8. The standard InChI is InChI=1S/C12H10O6S2.2C3H7NO.4C2H8N2.2C2H2O4.2Co/c13-19(14,15)11-5-1-9(2-6-11)10-3-7-12(8-4-10)20(16,17)18;2*1-4(2)3-5;4*3-1-2-4;2*3-1(4)2(5)6;;/h1-8H,(H,13,14,15)(H,16,17,18);2*3H,1-2H3;4*1-4H2;2*(H,3,4)(H,5,6);;/q;;;;;;;;;2*+3/p-6. The Balaban J connectivity index is -0.0000000780. The molecular formula is C30H54Co2N10O16S2. The third-order valence-electron chi connectivity index (χ3n) is 4.04. The van der Waals surface area contributed by atoms with Crippen LogP contribution in [-0.2, 0) is 82.6 Å². The van der Waals surface area contributed by atoms with Gasteiger partial charge in [-0.3, -0.25) is 9.59 Å². The summed E-state index contributed by atoms with van der Waals surface area (Å²) in [6.07, 6.45) is 1.50. The molecule has 2 rings (SSSR count). The number of hydrogen-bond acceptors (Lipinski definition) is 24. The van der Waals surface area contributed by atoms with Crippen molar-refractivity contribution in [3.63, 3.8) is 0 Å². The van der Waals surface area contributed by atoms with Gasteiger partial charge in [-0.05, 0) is 35.4 Å². The van der Waals surface area contributed by atoms with Gasteiger partial charge >= 0.3 is 33.6 Å². The number of amides is 2. The molecule has 0 aliphatic rings. The molecule has 0 aromatic heterocycles. The number of rotatable bonds is 9. The summed E-state index contributed by atoms with van der Waals surface area (Å²) in [5.74, 6) is -8.74. The van der Waals surface area contributed by atoms with Crippen LogP contribution in [0.25, 0.3) is 11.1 Å². The van der Waals surface area contributed by atoms with E-state index in [2.05, 4.69) is 0 Å². The average Bonchev–Trinajstić information content (AvgIpc) is 3.18. The first-order valence-corrected chi connectivity index (χ1v) is 18.3. The van der Waals surface area contributed by atoms with E-state index in [1.807, 2.05) is 0 Å². The number of hydrogen-bond donors (Lipinski definition) is 8. The van der Waals surface area contributed by atoms with Crippen LogP contribution in [-0.4, -0.2) is 153 Å². The van der Waals surface area contributed by atoms with Crippen LogP contribution < -0.4 is 66.3 Å². The van der Waals surface area contributed by atoms with Gasteiger partial charge < -0.3 is 104 Å². The zero-order valence-corrected chi connectivity index (χ0v) is 36.7. The number of benzene rings is 2. The fourth-order valence-electron chi connectivity index (χ4n) is 1.63. The van der Waals surface area contributed by atoms with Crippen LogP contribution in [0.1, 0.15) is 0 Å². The van der Waals surface area contributed by atoms with Crippen molar-refractivity contribution < 1.29 is 109 Å².